The number of halogens is 4. The monoisotopic (exact) mass is 346 g/mol. The molecule has 108 valence electrons. The van der Waals surface area contributed by atoms with E-state index < -0.39 is 11.7 Å². The van der Waals surface area contributed by atoms with Gasteiger partial charge in [0.1, 0.15) is 0 Å². The summed E-state index contributed by atoms with van der Waals surface area (Å²) in [6.45, 7) is 0. The molecule has 20 heavy (non-hydrogen) atoms. The van der Waals surface area contributed by atoms with Crippen molar-refractivity contribution in [2.45, 2.75) is 38.3 Å². The van der Waals surface area contributed by atoms with Gasteiger partial charge in [-0.25, -0.2) is 0 Å². The van der Waals surface area contributed by atoms with Crippen molar-refractivity contribution in [1.82, 2.24) is 0 Å². The van der Waals surface area contributed by atoms with Crippen LogP contribution in [0.25, 0.3) is 0 Å². The predicted molar refractivity (Wildman–Crippen MR) is 74.6 cm³/mol. The van der Waals surface area contributed by atoms with Crippen molar-refractivity contribution in [3.8, 4) is 0 Å². The summed E-state index contributed by atoms with van der Waals surface area (Å²) in [5, 5.41) is 0. The maximum Gasteiger partial charge on any atom is 0.417 e. The molecule has 0 radical (unpaired) electrons. The lowest BCUT2D eigenvalue weighted by Crippen LogP contribution is -2.10. The SMILES string of the molecule is O=C(C1=CCCCCC1)c1ccc(Br)c(C(F)(F)F)c1. The standard InChI is InChI=1S/C15H14BrF3O/c16-13-8-7-11(9-12(13)15(17,18)19)14(20)10-5-3-1-2-4-6-10/h5,7-9H,1-4,6H2. The van der Waals surface area contributed by atoms with Gasteiger partial charge < -0.3 is 0 Å². The number of benzene rings is 1. The Labute approximate surface area is 124 Å². The summed E-state index contributed by atoms with van der Waals surface area (Å²) in [6, 6.07) is 3.65. The Morgan fingerprint density at radius 3 is 2.60 bits per heavy atom. The van der Waals surface area contributed by atoms with Crippen LogP contribution >= 0.6 is 15.9 Å². The minimum Gasteiger partial charge on any atom is -0.289 e. The first-order valence-corrected chi connectivity index (χ1v) is 7.29. The van der Waals surface area contributed by atoms with E-state index in [-0.39, 0.29) is 15.8 Å². The summed E-state index contributed by atoms with van der Waals surface area (Å²) in [5.74, 6) is -0.287. The molecule has 1 aromatic carbocycles. The molecule has 0 heterocycles. The maximum atomic E-state index is 12.8. The minimum atomic E-state index is -4.47. The number of hydrogen-bond donors (Lipinski definition) is 0. The first-order chi connectivity index (χ1) is 9.39. The smallest absolute Gasteiger partial charge is 0.289 e. The molecule has 0 aliphatic heterocycles. The zero-order valence-corrected chi connectivity index (χ0v) is 12.4. The topological polar surface area (TPSA) is 17.1 Å². The Bertz CT molecular complexity index is 547. The molecule has 0 bridgehead atoms. The molecule has 1 nitrogen and oxygen atoms in total. The Kier molecular flexibility index (Phi) is 4.68. The highest BCUT2D eigenvalue weighted by Crippen LogP contribution is 2.36. The molecule has 0 saturated heterocycles. The summed E-state index contributed by atoms with van der Waals surface area (Å²) in [6.07, 6.45) is 1.88. The molecule has 0 aromatic heterocycles. The fraction of sp³-hybridized carbons (Fsp3) is 0.400. The Morgan fingerprint density at radius 2 is 1.90 bits per heavy atom. The van der Waals surface area contributed by atoms with E-state index in [1.807, 2.05) is 6.08 Å². The van der Waals surface area contributed by atoms with E-state index in [1.54, 1.807) is 0 Å². The molecular formula is C15H14BrF3O. The van der Waals surface area contributed by atoms with E-state index in [4.69, 9.17) is 0 Å². The molecule has 0 atom stereocenters. The highest BCUT2D eigenvalue weighted by molar-refractivity contribution is 9.10. The van der Waals surface area contributed by atoms with Crippen LogP contribution in [-0.2, 0) is 6.18 Å². The molecule has 5 heteroatoms. The van der Waals surface area contributed by atoms with Gasteiger partial charge in [-0.15, -0.1) is 0 Å². The van der Waals surface area contributed by atoms with Crippen LogP contribution in [0.3, 0.4) is 0 Å². The molecule has 1 aliphatic carbocycles. The molecule has 0 spiro atoms. The van der Waals surface area contributed by atoms with E-state index in [2.05, 4.69) is 15.9 Å². The first-order valence-electron chi connectivity index (χ1n) is 6.50. The Balaban J connectivity index is 2.33. The number of ketones is 1. The molecule has 1 aliphatic rings. The predicted octanol–water partition coefficient (Wildman–Crippen LogP) is 5.54. The van der Waals surface area contributed by atoms with Crippen LogP contribution in [0.5, 0.6) is 0 Å². The van der Waals surface area contributed by atoms with Gasteiger partial charge in [0.15, 0.2) is 5.78 Å². The molecule has 0 N–H and O–H groups in total. The fourth-order valence-corrected chi connectivity index (χ4v) is 2.76. The average Bonchev–Trinajstić information content (AvgIpc) is 2.66. The van der Waals surface area contributed by atoms with Gasteiger partial charge in [0.05, 0.1) is 5.56 Å². The maximum absolute atomic E-state index is 12.8. The normalized spacial score (nSPS) is 16.5. The van der Waals surface area contributed by atoms with Gasteiger partial charge in [0.2, 0.25) is 0 Å². The van der Waals surface area contributed by atoms with Gasteiger partial charge in [-0.1, -0.05) is 28.4 Å². The summed E-state index contributed by atoms with van der Waals surface area (Å²) in [7, 11) is 0. The van der Waals surface area contributed by atoms with Gasteiger partial charge in [0.25, 0.3) is 0 Å². The van der Waals surface area contributed by atoms with Crippen LogP contribution < -0.4 is 0 Å². The summed E-state index contributed by atoms with van der Waals surface area (Å²) in [4.78, 5) is 12.3. The highest BCUT2D eigenvalue weighted by Gasteiger charge is 2.33. The van der Waals surface area contributed by atoms with Crippen LogP contribution in [-0.4, -0.2) is 5.78 Å². The number of rotatable bonds is 2. The number of carbonyl (C=O) groups excluding carboxylic acids is 1. The third kappa shape index (κ3) is 3.51. The average molecular weight is 347 g/mol. The second-order valence-electron chi connectivity index (χ2n) is 4.85. The van der Waals surface area contributed by atoms with Crippen LogP contribution in [0.15, 0.2) is 34.3 Å². The van der Waals surface area contributed by atoms with E-state index in [0.717, 1.165) is 31.7 Å². The Morgan fingerprint density at radius 1 is 1.15 bits per heavy atom. The second-order valence-corrected chi connectivity index (χ2v) is 5.70. The van der Waals surface area contributed by atoms with Crippen molar-refractivity contribution in [1.29, 1.82) is 0 Å². The Hall–Kier alpha value is -1.10. The molecule has 2 rings (SSSR count). The number of hydrogen-bond acceptors (Lipinski definition) is 1. The fourth-order valence-electron chi connectivity index (χ4n) is 2.29. The molecule has 0 saturated carbocycles. The number of carbonyl (C=O) groups is 1. The molecule has 1 aromatic rings. The van der Waals surface area contributed by atoms with E-state index >= 15 is 0 Å². The van der Waals surface area contributed by atoms with E-state index in [1.165, 1.54) is 12.1 Å². The lowest BCUT2D eigenvalue weighted by molar-refractivity contribution is -0.138. The van der Waals surface area contributed by atoms with Crippen LogP contribution in [0.1, 0.15) is 48.0 Å². The number of alkyl halides is 3. The molecule has 0 unspecified atom stereocenters. The van der Waals surface area contributed by atoms with Crippen LogP contribution in [0.4, 0.5) is 13.2 Å². The minimum absolute atomic E-state index is 0.0450. The van der Waals surface area contributed by atoms with Gasteiger partial charge in [-0.05, 0) is 49.5 Å². The van der Waals surface area contributed by atoms with Crippen LogP contribution in [0, 0.1) is 0 Å². The quantitative estimate of drug-likeness (QED) is 0.642. The molecular weight excluding hydrogens is 333 g/mol. The molecule has 0 amide bonds. The highest BCUT2D eigenvalue weighted by atomic mass is 79.9. The van der Waals surface area contributed by atoms with Crippen LogP contribution in [0.2, 0.25) is 0 Å². The number of Topliss-reactive ketones (excluding diaryl/α,β-unsaturated/α-hetero) is 1. The summed E-state index contributed by atoms with van der Waals surface area (Å²) >= 11 is 2.88. The largest absolute Gasteiger partial charge is 0.417 e. The van der Waals surface area contributed by atoms with Gasteiger partial charge in [0, 0.05) is 10.0 Å². The van der Waals surface area contributed by atoms with Crippen molar-refractivity contribution in [2.75, 3.05) is 0 Å². The zero-order chi connectivity index (χ0) is 14.8. The number of allylic oxidation sites excluding steroid dienone is 2. The van der Waals surface area contributed by atoms with Gasteiger partial charge in [-0.3, -0.25) is 4.79 Å². The van der Waals surface area contributed by atoms with Gasteiger partial charge in [-0.2, -0.15) is 13.2 Å². The van der Waals surface area contributed by atoms with Crippen molar-refractivity contribution >= 4 is 21.7 Å². The molecule has 0 fully saturated rings. The van der Waals surface area contributed by atoms with E-state index in [9.17, 15) is 18.0 Å². The zero-order valence-electron chi connectivity index (χ0n) is 10.8. The van der Waals surface area contributed by atoms with Crippen molar-refractivity contribution < 1.29 is 18.0 Å². The summed E-state index contributed by atoms with van der Waals surface area (Å²) < 4.78 is 38.5. The lowest BCUT2D eigenvalue weighted by Gasteiger charge is -2.11. The summed E-state index contributed by atoms with van der Waals surface area (Å²) in [5.41, 5.74) is -0.0656. The second kappa shape index (κ2) is 6.12. The van der Waals surface area contributed by atoms with Crippen molar-refractivity contribution in [3.05, 3.63) is 45.4 Å². The lowest BCUT2D eigenvalue weighted by atomic mass is 9.98. The van der Waals surface area contributed by atoms with Crippen molar-refractivity contribution in [2.24, 2.45) is 0 Å². The van der Waals surface area contributed by atoms with E-state index in [0.29, 0.717) is 12.0 Å². The third-order valence-electron chi connectivity index (χ3n) is 3.37. The first kappa shape index (κ1) is 15.3. The van der Waals surface area contributed by atoms with Crippen molar-refractivity contribution in [3.63, 3.8) is 0 Å². The third-order valence-corrected chi connectivity index (χ3v) is 4.06. The van der Waals surface area contributed by atoms with Gasteiger partial charge >= 0.3 is 6.18 Å².